The quantitative estimate of drug-likeness (QED) is 0.731. The molecule has 1 aliphatic heterocycles. The molecule has 0 atom stereocenters. The maximum absolute atomic E-state index is 14.0. The fourth-order valence-electron chi connectivity index (χ4n) is 3.00. The number of hydrogen-bond donors (Lipinski definition) is 1. The van der Waals surface area contributed by atoms with Gasteiger partial charge in [-0.3, -0.25) is 4.98 Å². The number of amides is 2. The normalized spacial score (nSPS) is 14.0. The van der Waals surface area contributed by atoms with E-state index in [1.807, 2.05) is 4.90 Å². The maximum Gasteiger partial charge on any atom is 0.322 e. The van der Waals surface area contributed by atoms with Gasteiger partial charge >= 0.3 is 6.03 Å². The number of rotatable bonds is 3. The Bertz CT molecular complexity index is 1010. The summed E-state index contributed by atoms with van der Waals surface area (Å²) in [6, 6.07) is 7.15. The molecule has 1 aromatic carbocycles. The number of carbonyl (C=O) groups excluding carboxylic acids is 1. The number of urea groups is 1. The Morgan fingerprint density at radius 3 is 2.62 bits per heavy atom. The van der Waals surface area contributed by atoms with Gasteiger partial charge in [-0.25, -0.2) is 23.5 Å². The second kappa shape index (κ2) is 8.13. The van der Waals surface area contributed by atoms with Crippen LogP contribution in [0.1, 0.15) is 0 Å². The topological polar surface area (TPSA) is 87.1 Å². The predicted molar refractivity (Wildman–Crippen MR) is 102 cm³/mol. The average Bonchev–Trinajstić information content (AvgIpc) is 2.76. The number of nitrogens with zero attached hydrogens (tertiary/aromatic N) is 6. The van der Waals surface area contributed by atoms with Crippen molar-refractivity contribution in [3.05, 3.63) is 60.7 Å². The van der Waals surface area contributed by atoms with Gasteiger partial charge in [0.05, 0.1) is 17.4 Å². The molecule has 0 spiro atoms. The Hall–Kier alpha value is -3.69. The molecule has 2 amide bonds. The van der Waals surface area contributed by atoms with Crippen molar-refractivity contribution in [1.29, 1.82) is 0 Å². The highest BCUT2D eigenvalue weighted by Crippen LogP contribution is 2.22. The molecular formula is C19H17F2N7O. The highest BCUT2D eigenvalue weighted by Gasteiger charge is 2.23. The van der Waals surface area contributed by atoms with Crippen LogP contribution in [0.4, 0.5) is 25.2 Å². The van der Waals surface area contributed by atoms with Gasteiger partial charge in [0.1, 0.15) is 6.33 Å². The van der Waals surface area contributed by atoms with Crippen molar-refractivity contribution in [1.82, 2.24) is 24.8 Å². The van der Waals surface area contributed by atoms with Gasteiger partial charge in [0.15, 0.2) is 17.5 Å². The third-order valence-electron chi connectivity index (χ3n) is 4.51. The van der Waals surface area contributed by atoms with E-state index >= 15 is 0 Å². The van der Waals surface area contributed by atoms with Gasteiger partial charge in [-0.05, 0) is 24.3 Å². The number of pyridine rings is 1. The number of anilines is 2. The molecular weight excluding hydrogens is 380 g/mol. The van der Waals surface area contributed by atoms with E-state index in [-0.39, 0.29) is 17.4 Å². The third kappa shape index (κ3) is 4.10. The highest BCUT2D eigenvalue weighted by molar-refractivity contribution is 5.89. The molecule has 4 rings (SSSR count). The van der Waals surface area contributed by atoms with E-state index in [4.69, 9.17) is 0 Å². The molecule has 1 saturated heterocycles. The van der Waals surface area contributed by atoms with Crippen LogP contribution in [0.15, 0.2) is 49.1 Å². The van der Waals surface area contributed by atoms with E-state index in [2.05, 4.69) is 25.3 Å². The predicted octanol–water partition coefficient (Wildman–Crippen LogP) is 2.57. The molecule has 0 aliphatic carbocycles. The van der Waals surface area contributed by atoms with Gasteiger partial charge < -0.3 is 15.1 Å². The number of hydrogen-bond acceptors (Lipinski definition) is 6. The number of carbonyl (C=O) groups is 1. The Morgan fingerprint density at radius 2 is 1.86 bits per heavy atom. The lowest BCUT2D eigenvalue weighted by Gasteiger charge is -2.34. The first kappa shape index (κ1) is 18.7. The lowest BCUT2D eigenvalue weighted by atomic mass is 10.2. The van der Waals surface area contributed by atoms with Gasteiger partial charge in [0.25, 0.3) is 0 Å². The zero-order chi connectivity index (χ0) is 20.2. The molecule has 0 saturated carbocycles. The molecule has 29 heavy (non-hydrogen) atoms. The van der Waals surface area contributed by atoms with Crippen molar-refractivity contribution in [2.75, 3.05) is 36.4 Å². The van der Waals surface area contributed by atoms with E-state index in [0.29, 0.717) is 37.8 Å². The van der Waals surface area contributed by atoms with Crippen LogP contribution in [0.3, 0.4) is 0 Å². The first-order chi connectivity index (χ1) is 14.1. The molecule has 3 heterocycles. The first-order valence-electron chi connectivity index (χ1n) is 8.96. The lowest BCUT2D eigenvalue weighted by molar-refractivity contribution is 0.208. The standard InChI is InChI=1S/C19H17F2N7O/c20-15-5-1-4-14(16(15)21)17-23-12-24-18(26-17)27-7-9-28(10-8-27)19(29)25-13-3-2-6-22-11-13/h1-6,11-12H,7-10H2,(H,25,29). The van der Waals surface area contributed by atoms with E-state index in [1.54, 1.807) is 29.4 Å². The summed E-state index contributed by atoms with van der Waals surface area (Å²) in [5.41, 5.74) is 0.599. The van der Waals surface area contributed by atoms with Gasteiger partial charge in [-0.1, -0.05) is 6.07 Å². The van der Waals surface area contributed by atoms with Crippen molar-refractivity contribution >= 4 is 17.7 Å². The van der Waals surface area contributed by atoms with Crippen molar-refractivity contribution < 1.29 is 13.6 Å². The fourth-order valence-corrected chi connectivity index (χ4v) is 3.00. The lowest BCUT2D eigenvalue weighted by Crippen LogP contribution is -2.50. The molecule has 3 aromatic rings. The molecule has 1 N–H and O–H groups in total. The molecule has 8 nitrogen and oxygen atoms in total. The molecule has 10 heteroatoms. The Kier molecular flexibility index (Phi) is 5.23. The van der Waals surface area contributed by atoms with E-state index in [0.717, 1.165) is 6.07 Å². The van der Waals surface area contributed by atoms with E-state index in [9.17, 15) is 13.6 Å². The molecule has 0 bridgehead atoms. The Labute approximate surface area is 165 Å². The molecule has 0 unspecified atom stereocenters. The Balaban J connectivity index is 1.42. The smallest absolute Gasteiger partial charge is 0.322 e. The second-order valence-electron chi connectivity index (χ2n) is 6.36. The van der Waals surface area contributed by atoms with E-state index in [1.165, 1.54) is 18.5 Å². The number of aromatic nitrogens is 4. The second-order valence-corrected chi connectivity index (χ2v) is 6.36. The van der Waals surface area contributed by atoms with Gasteiger partial charge in [0, 0.05) is 32.4 Å². The summed E-state index contributed by atoms with van der Waals surface area (Å²) in [7, 11) is 0. The van der Waals surface area contributed by atoms with Gasteiger partial charge in [-0.15, -0.1) is 0 Å². The number of benzene rings is 1. The minimum atomic E-state index is -0.999. The third-order valence-corrected chi connectivity index (χ3v) is 4.51. The SMILES string of the molecule is O=C(Nc1cccnc1)N1CCN(c2ncnc(-c3cccc(F)c3F)n2)CC1. The molecule has 1 aliphatic rings. The molecule has 0 radical (unpaired) electrons. The zero-order valence-corrected chi connectivity index (χ0v) is 15.3. The minimum absolute atomic E-state index is 0.0249. The molecule has 1 fully saturated rings. The summed E-state index contributed by atoms with van der Waals surface area (Å²) in [5.74, 6) is -1.55. The van der Waals surface area contributed by atoms with Crippen LogP contribution >= 0.6 is 0 Å². The van der Waals surface area contributed by atoms with Crippen molar-refractivity contribution in [3.8, 4) is 11.4 Å². The Morgan fingerprint density at radius 1 is 1.03 bits per heavy atom. The number of piperazine rings is 1. The van der Waals surface area contributed by atoms with Crippen LogP contribution in [-0.4, -0.2) is 57.0 Å². The van der Waals surface area contributed by atoms with Crippen LogP contribution in [-0.2, 0) is 0 Å². The maximum atomic E-state index is 14.0. The van der Waals surface area contributed by atoms with Gasteiger partial charge in [0.2, 0.25) is 5.95 Å². The summed E-state index contributed by atoms with van der Waals surface area (Å²) >= 11 is 0. The fraction of sp³-hybridized carbons (Fsp3) is 0.211. The first-order valence-corrected chi connectivity index (χ1v) is 8.96. The molecule has 2 aromatic heterocycles. The van der Waals surface area contributed by atoms with Crippen molar-refractivity contribution in [2.24, 2.45) is 0 Å². The van der Waals surface area contributed by atoms with Crippen LogP contribution in [0.2, 0.25) is 0 Å². The summed E-state index contributed by atoms with van der Waals surface area (Å²) in [6.45, 7) is 1.91. The summed E-state index contributed by atoms with van der Waals surface area (Å²) in [4.78, 5) is 32.3. The van der Waals surface area contributed by atoms with Crippen molar-refractivity contribution in [2.45, 2.75) is 0 Å². The van der Waals surface area contributed by atoms with Crippen LogP contribution in [0, 0.1) is 11.6 Å². The zero-order valence-electron chi connectivity index (χ0n) is 15.3. The number of halogens is 2. The van der Waals surface area contributed by atoms with Crippen LogP contribution in [0.25, 0.3) is 11.4 Å². The summed E-state index contributed by atoms with van der Waals surface area (Å²) < 4.78 is 27.5. The summed E-state index contributed by atoms with van der Waals surface area (Å²) in [6.07, 6.45) is 4.47. The summed E-state index contributed by atoms with van der Waals surface area (Å²) in [5, 5.41) is 2.80. The van der Waals surface area contributed by atoms with Crippen molar-refractivity contribution in [3.63, 3.8) is 0 Å². The number of nitrogens with one attached hydrogen (secondary N) is 1. The van der Waals surface area contributed by atoms with E-state index < -0.39 is 11.6 Å². The minimum Gasteiger partial charge on any atom is -0.337 e. The average molecular weight is 397 g/mol. The largest absolute Gasteiger partial charge is 0.337 e. The molecule has 148 valence electrons. The highest BCUT2D eigenvalue weighted by atomic mass is 19.2. The monoisotopic (exact) mass is 397 g/mol. The van der Waals surface area contributed by atoms with Crippen LogP contribution in [0.5, 0.6) is 0 Å². The van der Waals surface area contributed by atoms with Gasteiger partial charge in [-0.2, -0.15) is 4.98 Å². The van der Waals surface area contributed by atoms with Crippen LogP contribution < -0.4 is 10.2 Å².